The first kappa shape index (κ1) is 21.2. The Morgan fingerprint density at radius 2 is 1.76 bits per heavy atom. The minimum atomic E-state index is -0.588. The van der Waals surface area contributed by atoms with Crippen LogP contribution in [0.25, 0.3) is 0 Å². The van der Waals surface area contributed by atoms with E-state index in [9.17, 15) is 14.4 Å². The standard InChI is InChI=1S/C17H31N3O5/c1-17(2,3)25-16(23)19-12-15(22)20-8-5-13(6-9-20)11-18-14(21)7-10-24-4/h13H,5-12H2,1-4H3,(H,18,21)(H,19,23). The number of likely N-dealkylation sites (tertiary alicyclic amines) is 1. The van der Waals surface area contributed by atoms with Crippen LogP contribution in [-0.2, 0) is 19.1 Å². The van der Waals surface area contributed by atoms with Crippen molar-refractivity contribution in [3.05, 3.63) is 0 Å². The third-order valence-electron chi connectivity index (χ3n) is 3.87. The second-order valence-corrected chi connectivity index (χ2v) is 7.23. The third kappa shape index (κ3) is 9.28. The fraction of sp³-hybridized carbons (Fsp3) is 0.824. The molecule has 0 aromatic heterocycles. The maximum Gasteiger partial charge on any atom is 0.408 e. The zero-order chi connectivity index (χ0) is 18.9. The van der Waals surface area contributed by atoms with Gasteiger partial charge in [0.25, 0.3) is 0 Å². The van der Waals surface area contributed by atoms with Gasteiger partial charge in [-0.05, 0) is 39.5 Å². The molecular formula is C17H31N3O5. The normalized spacial score (nSPS) is 15.6. The van der Waals surface area contributed by atoms with E-state index in [1.807, 2.05) is 0 Å². The van der Waals surface area contributed by atoms with Gasteiger partial charge in [0.2, 0.25) is 11.8 Å². The van der Waals surface area contributed by atoms with E-state index in [1.54, 1.807) is 32.8 Å². The molecule has 25 heavy (non-hydrogen) atoms. The first-order valence-electron chi connectivity index (χ1n) is 8.71. The molecule has 1 aliphatic rings. The molecule has 0 atom stereocenters. The predicted octanol–water partition coefficient (Wildman–Crippen LogP) is 0.902. The SMILES string of the molecule is COCCC(=O)NCC1CCN(C(=O)CNC(=O)OC(C)(C)C)CC1. The summed E-state index contributed by atoms with van der Waals surface area (Å²) in [7, 11) is 1.57. The van der Waals surface area contributed by atoms with Crippen molar-refractivity contribution in [1.82, 2.24) is 15.5 Å². The fourth-order valence-corrected chi connectivity index (χ4v) is 2.50. The van der Waals surface area contributed by atoms with E-state index < -0.39 is 11.7 Å². The van der Waals surface area contributed by atoms with E-state index in [2.05, 4.69) is 10.6 Å². The van der Waals surface area contributed by atoms with Crippen LogP contribution in [0, 0.1) is 5.92 Å². The van der Waals surface area contributed by atoms with Crippen molar-refractivity contribution in [2.75, 3.05) is 39.9 Å². The number of hydrogen-bond donors (Lipinski definition) is 2. The van der Waals surface area contributed by atoms with Gasteiger partial charge in [-0.2, -0.15) is 0 Å². The Morgan fingerprint density at radius 1 is 1.12 bits per heavy atom. The molecule has 0 bridgehead atoms. The lowest BCUT2D eigenvalue weighted by molar-refractivity contribution is -0.132. The van der Waals surface area contributed by atoms with Gasteiger partial charge in [0.05, 0.1) is 6.61 Å². The number of amides is 3. The van der Waals surface area contributed by atoms with Gasteiger partial charge >= 0.3 is 6.09 Å². The van der Waals surface area contributed by atoms with Gasteiger partial charge in [-0.1, -0.05) is 0 Å². The van der Waals surface area contributed by atoms with E-state index in [1.165, 1.54) is 0 Å². The van der Waals surface area contributed by atoms with Crippen LogP contribution >= 0.6 is 0 Å². The average Bonchev–Trinajstić information content (AvgIpc) is 2.55. The highest BCUT2D eigenvalue weighted by molar-refractivity contribution is 5.82. The molecule has 8 heteroatoms. The summed E-state index contributed by atoms with van der Waals surface area (Å²) in [6, 6.07) is 0. The van der Waals surface area contributed by atoms with Gasteiger partial charge in [0.15, 0.2) is 0 Å². The first-order chi connectivity index (χ1) is 11.7. The first-order valence-corrected chi connectivity index (χ1v) is 8.71. The Balaban J connectivity index is 2.21. The molecule has 0 spiro atoms. The molecule has 0 aromatic carbocycles. The zero-order valence-electron chi connectivity index (χ0n) is 15.7. The van der Waals surface area contributed by atoms with Crippen LogP contribution in [0.5, 0.6) is 0 Å². The second kappa shape index (κ2) is 10.2. The van der Waals surface area contributed by atoms with Crippen LogP contribution in [0.15, 0.2) is 0 Å². The summed E-state index contributed by atoms with van der Waals surface area (Å²) in [5.41, 5.74) is -0.584. The topological polar surface area (TPSA) is 97.0 Å². The highest BCUT2D eigenvalue weighted by Crippen LogP contribution is 2.16. The van der Waals surface area contributed by atoms with Crippen LogP contribution in [-0.4, -0.2) is 68.3 Å². The van der Waals surface area contributed by atoms with Crippen LogP contribution in [0.1, 0.15) is 40.0 Å². The highest BCUT2D eigenvalue weighted by atomic mass is 16.6. The zero-order valence-corrected chi connectivity index (χ0v) is 15.7. The molecule has 8 nitrogen and oxygen atoms in total. The molecule has 0 saturated carbocycles. The molecule has 2 N–H and O–H groups in total. The van der Waals surface area contributed by atoms with Crippen molar-refractivity contribution in [2.45, 2.75) is 45.6 Å². The number of alkyl carbamates (subject to hydrolysis) is 1. The predicted molar refractivity (Wildman–Crippen MR) is 93.0 cm³/mol. The quantitative estimate of drug-likeness (QED) is 0.706. The summed E-state index contributed by atoms with van der Waals surface area (Å²) in [4.78, 5) is 37.0. The summed E-state index contributed by atoms with van der Waals surface area (Å²) in [5.74, 6) is 0.240. The maximum atomic E-state index is 12.1. The van der Waals surface area contributed by atoms with Crippen LogP contribution in [0.4, 0.5) is 4.79 Å². The molecule has 1 saturated heterocycles. The lowest BCUT2D eigenvalue weighted by Gasteiger charge is -2.32. The highest BCUT2D eigenvalue weighted by Gasteiger charge is 2.24. The van der Waals surface area contributed by atoms with Crippen molar-refractivity contribution < 1.29 is 23.9 Å². The largest absolute Gasteiger partial charge is 0.444 e. The van der Waals surface area contributed by atoms with Gasteiger partial charge in [0.1, 0.15) is 12.1 Å². The number of carbonyl (C=O) groups is 3. The molecular weight excluding hydrogens is 326 g/mol. The number of nitrogens with one attached hydrogen (secondary N) is 2. The molecule has 1 aliphatic heterocycles. The fourth-order valence-electron chi connectivity index (χ4n) is 2.50. The summed E-state index contributed by atoms with van der Waals surface area (Å²) in [6.45, 7) is 7.56. The molecule has 3 amide bonds. The van der Waals surface area contributed by atoms with Crippen molar-refractivity contribution in [2.24, 2.45) is 5.92 Å². The number of hydrogen-bond acceptors (Lipinski definition) is 5. The summed E-state index contributed by atoms with van der Waals surface area (Å²) >= 11 is 0. The average molecular weight is 357 g/mol. The van der Waals surface area contributed by atoms with Crippen LogP contribution < -0.4 is 10.6 Å². The molecule has 0 unspecified atom stereocenters. The smallest absolute Gasteiger partial charge is 0.408 e. The number of rotatable bonds is 7. The van der Waals surface area contributed by atoms with E-state index in [4.69, 9.17) is 9.47 Å². The molecule has 0 aliphatic carbocycles. The van der Waals surface area contributed by atoms with Crippen molar-refractivity contribution >= 4 is 17.9 Å². The Kier molecular flexibility index (Phi) is 8.68. The monoisotopic (exact) mass is 357 g/mol. The molecule has 0 radical (unpaired) electrons. The molecule has 144 valence electrons. The summed E-state index contributed by atoms with van der Waals surface area (Å²) < 4.78 is 9.97. The van der Waals surface area contributed by atoms with Gasteiger partial charge in [-0.25, -0.2) is 4.79 Å². The van der Waals surface area contributed by atoms with Crippen molar-refractivity contribution in [3.8, 4) is 0 Å². The molecule has 1 heterocycles. The number of carbonyl (C=O) groups excluding carboxylic acids is 3. The van der Waals surface area contributed by atoms with Gasteiger partial charge < -0.3 is 25.0 Å². The number of piperidine rings is 1. The van der Waals surface area contributed by atoms with Gasteiger partial charge in [-0.3, -0.25) is 9.59 Å². The molecule has 0 aromatic rings. The third-order valence-corrected chi connectivity index (χ3v) is 3.87. The van der Waals surface area contributed by atoms with Crippen LogP contribution in [0.3, 0.4) is 0 Å². The maximum absolute atomic E-state index is 12.1. The minimum Gasteiger partial charge on any atom is -0.444 e. The van der Waals surface area contributed by atoms with E-state index in [0.29, 0.717) is 38.6 Å². The number of nitrogens with zero attached hydrogens (tertiary/aromatic N) is 1. The summed E-state index contributed by atoms with van der Waals surface area (Å²) in [6.07, 6.45) is 1.45. The van der Waals surface area contributed by atoms with Crippen molar-refractivity contribution in [3.63, 3.8) is 0 Å². The Hall–Kier alpha value is -1.83. The number of ether oxygens (including phenoxy) is 2. The molecule has 1 fully saturated rings. The van der Waals surface area contributed by atoms with E-state index >= 15 is 0 Å². The van der Waals surface area contributed by atoms with Crippen LogP contribution in [0.2, 0.25) is 0 Å². The minimum absolute atomic E-state index is 0.0121. The Morgan fingerprint density at radius 3 is 2.32 bits per heavy atom. The molecule has 1 rings (SSSR count). The van der Waals surface area contributed by atoms with Gasteiger partial charge in [-0.15, -0.1) is 0 Å². The Bertz CT molecular complexity index is 454. The van der Waals surface area contributed by atoms with E-state index in [0.717, 1.165) is 12.8 Å². The van der Waals surface area contributed by atoms with Gasteiger partial charge in [0, 0.05) is 33.2 Å². The second-order valence-electron chi connectivity index (χ2n) is 7.23. The summed E-state index contributed by atoms with van der Waals surface area (Å²) in [5, 5.41) is 5.38. The lowest BCUT2D eigenvalue weighted by Crippen LogP contribution is -2.46. The lowest BCUT2D eigenvalue weighted by atomic mass is 9.96. The van der Waals surface area contributed by atoms with E-state index in [-0.39, 0.29) is 18.4 Å². The van der Waals surface area contributed by atoms with Crippen molar-refractivity contribution in [1.29, 1.82) is 0 Å². The number of methoxy groups -OCH3 is 1. The Labute approximate surface area is 149 Å².